The van der Waals surface area contributed by atoms with Gasteiger partial charge in [-0.15, -0.1) is 0 Å². The Morgan fingerprint density at radius 2 is 1.17 bits per heavy atom. The van der Waals surface area contributed by atoms with E-state index in [0.717, 1.165) is 10.2 Å². The minimum absolute atomic E-state index is 1.13. The van der Waals surface area contributed by atoms with Gasteiger partial charge in [-0.25, -0.2) is 0 Å². The van der Waals surface area contributed by atoms with Gasteiger partial charge in [-0.2, -0.15) is 0 Å². The van der Waals surface area contributed by atoms with Gasteiger partial charge in [0.15, 0.2) is 0 Å². The molecule has 0 atom stereocenters. The van der Waals surface area contributed by atoms with Gasteiger partial charge in [0.2, 0.25) is 0 Å². The lowest BCUT2D eigenvalue weighted by molar-refractivity contribution is 1.36. The molecule has 0 amide bonds. The summed E-state index contributed by atoms with van der Waals surface area (Å²) in [5.41, 5.74) is 4.49. The van der Waals surface area contributed by atoms with E-state index in [1.165, 1.54) is 27.1 Å². The molecule has 0 unspecified atom stereocenters. The van der Waals surface area contributed by atoms with E-state index in [9.17, 15) is 0 Å². The largest absolute Gasteiger partial charge is 0.133 e. The third kappa shape index (κ3) is 3.10. The number of rotatable bonds is 3. The maximum Gasteiger partial charge on any atom is 0.133 e. The molecule has 3 aromatic rings. The zero-order valence-corrected chi connectivity index (χ0v) is 17.6. The molecule has 0 nitrogen and oxygen atoms in total. The van der Waals surface area contributed by atoms with Crippen molar-refractivity contribution >= 4 is 39.8 Å². The van der Waals surface area contributed by atoms with Crippen LogP contribution in [0.5, 0.6) is 0 Å². The fourth-order valence-corrected chi connectivity index (χ4v) is 7.29. The normalized spacial score (nSPS) is 11.1. The van der Waals surface area contributed by atoms with Crippen LogP contribution in [0.1, 0.15) is 16.7 Å². The van der Waals surface area contributed by atoms with Crippen molar-refractivity contribution in [2.24, 2.45) is 0 Å². The van der Waals surface area contributed by atoms with Gasteiger partial charge in [-0.3, -0.25) is 0 Å². The molecule has 0 saturated carbocycles. The van der Waals surface area contributed by atoms with E-state index in [2.05, 4.69) is 87.5 Å². The van der Waals surface area contributed by atoms with Gasteiger partial charge in [0.1, 0.15) is 8.80 Å². The molecule has 3 aromatic carbocycles. The Hall–Kier alpha value is -1.91. The minimum atomic E-state index is -1.41. The van der Waals surface area contributed by atoms with Crippen LogP contribution in [0.2, 0.25) is 0 Å². The molecule has 0 aliphatic carbocycles. The second-order valence-corrected chi connectivity index (χ2v) is 10.2. The predicted molar refractivity (Wildman–Crippen MR) is 109 cm³/mol. The number of hydrogen-bond acceptors (Lipinski definition) is 0. The van der Waals surface area contributed by atoms with Crippen molar-refractivity contribution in [1.82, 2.24) is 0 Å². The summed E-state index contributed by atoms with van der Waals surface area (Å²) in [6, 6.07) is 24.6. The Morgan fingerprint density at radius 3 is 1.65 bits per heavy atom. The first-order chi connectivity index (χ1) is 11.1. The lowest BCUT2D eigenvalue weighted by atomic mass is 10.1. The van der Waals surface area contributed by atoms with Crippen LogP contribution in [-0.4, -0.2) is 19.0 Å². The summed E-state index contributed by atoms with van der Waals surface area (Å²) in [5, 5.41) is 6.15. The van der Waals surface area contributed by atoms with Gasteiger partial charge >= 0.3 is 0 Å². The highest BCUT2D eigenvalue weighted by Crippen LogP contribution is 2.07. The van der Waals surface area contributed by atoms with Crippen molar-refractivity contribution in [3.63, 3.8) is 0 Å². The Balaban J connectivity index is 2.26. The van der Waals surface area contributed by atoms with Crippen molar-refractivity contribution in [2.45, 2.75) is 20.8 Å². The predicted octanol–water partition coefficient (Wildman–Crippen LogP) is 0.851. The summed E-state index contributed by atoms with van der Waals surface area (Å²) in [5.74, 6) is 0. The van der Waals surface area contributed by atoms with E-state index in [1.54, 1.807) is 10.4 Å². The van der Waals surface area contributed by atoms with E-state index < -0.39 is 8.80 Å². The van der Waals surface area contributed by atoms with Crippen molar-refractivity contribution in [2.75, 3.05) is 0 Å². The Kier molecular flexibility index (Phi) is 4.64. The lowest BCUT2D eigenvalue weighted by Crippen LogP contribution is -2.53. The number of benzene rings is 3. The summed E-state index contributed by atoms with van der Waals surface area (Å²) in [4.78, 5) is 0. The highest BCUT2D eigenvalue weighted by Gasteiger charge is 2.22. The Labute approximate surface area is 144 Å². The maximum absolute atomic E-state index is 2.47. The SMILES string of the molecule is Cc1cc([SiH](c2ccccc2)c2ccccc2)c(C)c(C)c1[SiH3]. The van der Waals surface area contributed by atoms with Crippen LogP contribution >= 0.6 is 0 Å². The van der Waals surface area contributed by atoms with E-state index in [1.807, 2.05) is 0 Å². The first-order valence-electron chi connectivity index (χ1n) is 8.26. The molecule has 116 valence electrons. The summed E-state index contributed by atoms with van der Waals surface area (Å²) >= 11 is 0. The highest BCUT2D eigenvalue weighted by molar-refractivity contribution is 6.95. The van der Waals surface area contributed by atoms with Crippen molar-refractivity contribution in [3.05, 3.63) is 83.4 Å². The molecule has 0 radical (unpaired) electrons. The molecule has 0 heterocycles. The average Bonchev–Trinajstić information content (AvgIpc) is 2.60. The Bertz CT molecular complexity index is 769. The van der Waals surface area contributed by atoms with Gasteiger partial charge in [-0.1, -0.05) is 87.9 Å². The van der Waals surface area contributed by atoms with E-state index in [0.29, 0.717) is 0 Å². The molecule has 0 aliphatic rings. The van der Waals surface area contributed by atoms with Crippen molar-refractivity contribution in [1.29, 1.82) is 0 Å². The van der Waals surface area contributed by atoms with E-state index in [4.69, 9.17) is 0 Å². The van der Waals surface area contributed by atoms with Crippen LogP contribution in [-0.2, 0) is 0 Å². The molecule has 3 rings (SSSR count). The zero-order valence-electron chi connectivity index (χ0n) is 14.4. The highest BCUT2D eigenvalue weighted by atomic mass is 28.3. The third-order valence-corrected chi connectivity index (χ3v) is 9.96. The maximum atomic E-state index is 2.47. The van der Waals surface area contributed by atoms with Gasteiger partial charge in [0, 0.05) is 10.2 Å². The van der Waals surface area contributed by atoms with Gasteiger partial charge in [-0.05, 0) is 37.1 Å². The molecule has 0 aliphatic heterocycles. The fraction of sp³-hybridized carbons (Fsp3) is 0.143. The van der Waals surface area contributed by atoms with Crippen LogP contribution < -0.4 is 20.7 Å². The number of hydrogen-bond donors (Lipinski definition) is 0. The second kappa shape index (κ2) is 6.69. The molecule has 0 spiro atoms. The summed E-state index contributed by atoms with van der Waals surface area (Å²) in [6.07, 6.45) is 0. The summed E-state index contributed by atoms with van der Waals surface area (Å²) < 4.78 is 0. The zero-order chi connectivity index (χ0) is 16.4. The van der Waals surface area contributed by atoms with Gasteiger partial charge in [0.25, 0.3) is 0 Å². The average molecular weight is 333 g/mol. The van der Waals surface area contributed by atoms with E-state index in [-0.39, 0.29) is 0 Å². The molecule has 0 fully saturated rings. The molecule has 2 heteroatoms. The van der Waals surface area contributed by atoms with Crippen LogP contribution in [0.3, 0.4) is 0 Å². The summed E-state index contributed by atoms with van der Waals surface area (Å²) in [7, 11) is -0.283. The first-order valence-corrected chi connectivity index (χ1v) is 11.0. The van der Waals surface area contributed by atoms with E-state index >= 15 is 0 Å². The fourth-order valence-electron chi connectivity index (χ4n) is 3.39. The van der Waals surface area contributed by atoms with Crippen LogP contribution in [0.25, 0.3) is 0 Å². The molecule has 0 aromatic heterocycles. The topological polar surface area (TPSA) is 0 Å². The van der Waals surface area contributed by atoms with Crippen molar-refractivity contribution < 1.29 is 0 Å². The van der Waals surface area contributed by atoms with Crippen LogP contribution in [0, 0.1) is 20.8 Å². The molecule has 0 N–H and O–H groups in total. The number of aryl methyl sites for hydroxylation is 1. The molecule has 0 bridgehead atoms. The lowest BCUT2D eigenvalue weighted by Gasteiger charge is -2.22. The first kappa shape index (κ1) is 16.0. The Morgan fingerprint density at radius 1 is 0.696 bits per heavy atom. The second-order valence-electron chi connectivity index (χ2n) is 6.41. The monoisotopic (exact) mass is 332 g/mol. The smallest absolute Gasteiger partial charge is 0.0648 e. The molecular formula is C21H24Si2. The molecular weight excluding hydrogens is 308 g/mol. The quantitative estimate of drug-likeness (QED) is 0.493. The molecule has 0 saturated heterocycles. The standard InChI is InChI=1S/C21H24Si2/c1-15-14-20(16(2)17(3)21(15)22)23(18-10-6-4-7-11-18)19-12-8-5-9-13-19/h4-14,23H,1-3,22H3. The van der Waals surface area contributed by atoms with Crippen molar-refractivity contribution in [3.8, 4) is 0 Å². The van der Waals surface area contributed by atoms with Gasteiger partial charge in [0.05, 0.1) is 0 Å². The molecule has 23 heavy (non-hydrogen) atoms. The summed E-state index contributed by atoms with van der Waals surface area (Å²) in [6.45, 7) is 6.90. The van der Waals surface area contributed by atoms with Gasteiger partial charge < -0.3 is 0 Å². The minimum Gasteiger partial charge on any atom is -0.0648 e. The van der Waals surface area contributed by atoms with Crippen LogP contribution in [0.4, 0.5) is 0 Å². The third-order valence-electron chi connectivity index (χ3n) is 5.10. The van der Waals surface area contributed by atoms with Crippen LogP contribution in [0.15, 0.2) is 66.7 Å².